The summed E-state index contributed by atoms with van der Waals surface area (Å²) in [6.07, 6.45) is 0.474. The number of rotatable bonds is 5. The molecule has 4 unspecified atom stereocenters. The van der Waals surface area contributed by atoms with Gasteiger partial charge in [-0.2, -0.15) is 5.26 Å². The molecule has 3 aliphatic carbocycles. The second-order valence-corrected chi connectivity index (χ2v) is 10.4. The third kappa shape index (κ3) is 4.64. The maximum atomic E-state index is 11.5. The van der Waals surface area contributed by atoms with Crippen LogP contribution in [-0.2, 0) is 14.3 Å². The Morgan fingerprint density at radius 2 is 1.86 bits per heavy atom. The Balaban J connectivity index is 1.51. The fourth-order valence-electron chi connectivity index (χ4n) is 6.55. The lowest BCUT2D eigenvalue weighted by molar-refractivity contribution is -0.271. The van der Waals surface area contributed by atoms with Crippen molar-refractivity contribution in [3.8, 4) is 11.8 Å². The van der Waals surface area contributed by atoms with E-state index >= 15 is 0 Å². The summed E-state index contributed by atoms with van der Waals surface area (Å²) in [7, 11) is 1.64. The number of nitriles is 1. The maximum Gasteiger partial charge on any atom is 0.335 e. The number of hydrogen-bond acceptors (Lipinski definition) is 8. The first-order valence-electron chi connectivity index (χ1n) is 13.0. The first-order valence-corrected chi connectivity index (χ1v) is 13.0. The number of aliphatic hydroxyl groups excluding tert-OH is 3. The third-order valence-electron chi connectivity index (χ3n) is 8.29. The molecule has 9 heteroatoms. The van der Waals surface area contributed by atoms with Crippen molar-refractivity contribution in [1.29, 1.82) is 5.26 Å². The van der Waals surface area contributed by atoms with Crippen LogP contribution in [0.15, 0.2) is 34.9 Å². The first kappa shape index (κ1) is 25.7. The zero-order valence-corrected chi connectivity index (χ0v) is 20.8. The Morgan fingerprint density at radius 3 is 2.59 bits per heavy atom. The minimum atomic E-state index is -1.83. The van der Waals surface area contributed by atoms with Crippen LogP contribution >= 0.6 is 0 Å². The molecule has 9 nitrogen and oxygen atoms in total. The van der Waals surface area contributed by atoms with E-state index in [0.29, 0.717) is 17.4 Å². The van der Waals surface area contributed by atoms with E-state index in [1.54, 1.807) is 36.5 Å². The van der Waals surface area contributed by atoms with Gasteiger partial charge in [-0.25, -0.2) is 4.79 Å². The van der Waals surface area contributed by atoms with Crippen molar-refractivity contribution >= 4 is 11.7 Å². The van der Waals surface area contributed by atoms with Gasteiger partial charge in [0.25, 0.3) is 0 Å². The Hall–Kier alpha value is -2.90. The maximum absolute atomic E-state index is 11.5. The Labute approximate surface area is 215 Å². The molecule has 7 atom stereocenters. The van der Waals surface area contributed by atoms with Crippen molar-refractivity contribution in [2.45, 2.75) is 82.1 Å². The van der Waals surface area contributed by atoms with Crippen LogP contribution in [0, 0.1) is 23.2 Å². The van der Waals surface area contributed by atoms with E-state index in [2.05, 4.69) is 0 Å². The molecule has 4 N–H and O–H groups in total. The topological polar surface area (TPSA) is 149 Å². The summed E-state index contributed by atoms with van der Waals surface area (Å²) in [6.45, 7) is 0. The predicted octanol–water partition coefficient (Wildman–Crippen LogP) is 2.88. The zero-order chi connectivity index (χ0) is 26.3. The van der Waals surface area contributed by atoms with Gasteiger partial charge in [0, 0.05) is 11.5 Å². The van der Waals surface area contributed by atoms with Gasteiger partial charge >= 0.3 is 5.97 Å². The molecule has 1 saturated carbocycles. The number of allylic oxidation sites excluding steroid dienone is 3. The van der Waals surface area contributed by atoms with Crippen molar-refractivity contribution in [1.82, 2.24) is 0 Å². The largest absolute Gasteiger partial charge is 0.496 e. The summed E-state index contributed by atoms with van der Waals surface area (Å²) in [5.74, 6) is 0.0693. The quantitative estimate of drug-likeness (QED) is 0.346. The van der Waals surface area contributed by atoms with Crippen LogP contribution in [-0.4, -0.2) is 64.2 Å². The van der Waals surface area contributed by atoms with Gasteiger partial charge in [-0.05, 0) is 74.6 Å². The number of hydrogen-bond donors (Lipinski definition) is 4. The summed E-state index contributed by atoms with van der Waals surface area (Å²) < 4.78 is 17.0. The average Bonchev–Trinajstić information content (AvgIpc) is 2.89. The smallest absolute Gasteiger partial charge is 0.335 e. The van der Waals surface area contributed by atoms with E-state index in [1.165, 1.54) is 31.3 Å². The molecule has 198 valence electrons. The van der Waals surface area contributed by atoms with Crippen LogP contribution in [0.2, 0.25) is 0 Å². The highest BCUT2D eigenvalue weighted by Crippen LogP contribution is 2.53. The molecule has 1 aliphatic heterocycles. The van der Waals surface area contributed by atoms with Crippen molar-refractivity contribution in [2.75, 3.05) is 7.11 Å². The fraction of sp³-hybridized carbons (Fsp3) is 0.571. The van der Waals surface area contributed by atoms with Gasteiger partial charge in [0.05, 0.1) is 12.7 Å². The number of carboxylic acid groups (broad SMARTS) is 1. The third-order valence-corrected chi connectivity index (χ3v) is 8.29. The van der Waals surface area contributed by atoms with Gasteiger partial charge in [-0.15, -0.1) is 0 Å². The number of aliphatic hydroxyl groups is 3. The lowest BCUT2D eigenvalue weighted by Gasteiger charge is -2.43. The number of carboxylic acids is 1. The molecule has 0 radical (unpaired) electrons. The van der Waals surface area contributed by atoms with Crippen molar-refractivity contribution in [3.05, 3.63) is 46.0 Å². The summed E-state index contributed by atoms with van der Waals surface area (Å²) in [4.78, 5) is 11.5. The minimum absolute atomic E-state index is 0.0606. The van der Waals surface area contributed by atoms with E-state index in [0.717, 1.165) is 31.4 Å². The van der Waals surface area contributed by atoms with Crippen LogP contribution in [0.25, 0.3) is 5.76 Å². The molecule has 1 saturated heterocycles. The summed E-state index contributed by atoms with van der Waals surface area (Å²) in [5.41, 5.74) is 5.35. The molecule has 5 rings (SSSR count). The molecule has 1 aromatic carbocycles. The Bertz CT molecular complexity index is 1170. The van der Waals surface area contributed by atoms with Crippen LogP contribution in [0.5, 0.6) is 5.75 Å². The van der Waals surface area contributed by atoms with Gasteiger partial charge < -0.3 is 34.6 Å². The van der Waals surface area contributed by atoms with Crippen molar-refractivity contribution < 1.29 is 39.4 Å². The second-order valence-electron chi connectivity index (χ2n) is 10.4. The highest BCUT2D eigenvalue weighted by molar-refractivity contribution is 5.73. The zero-order valence-electron chi connectivity index (χ0n) is 20.8. The van der Waals surface area contributed by atoms with Crippen LogP contribution in [0.3, 0.4) is 0 Å². The van der Waals surface area contributed by atoms with Gasteiger partial charge in [0.1, 0.15) is 35.9 Å². The lowest BCUT2D eigenvalue weighted by atomic mass is 9.62. The molecule has 0 aromatic heterocycles. The minimum Gasteiger partial charge on any atom is -0.496 e. The molecule has 1 heterocycles. The predicted molar refractivity (Wildman–Crippen MR) is 131 cm³/mol. The van der Waals surface area contributed by atoms with E-state index in [4.69, 9.17) is 14.2 Å². The van der Waals surface area contributed by atoms with Crippen molar-refractivity contribution in [2.24, 2.45) is 11.8 Å². The first-order chi connectivity index (χ1) is 17.8. The standard InChI is InChI=1S/C28H33NO8/c1-35-25(21-15-6-4-8-19(21)18-7-3-2-5-14(18)11-15)16-9-10-17(13-29)20(12-16)36-28-24(32)22(30)23(31)26(37-28)27(33)34/h9-10,12,15,19,22-24,26,28,30-32H,2-8,11H2,1H3,(H,33,34)/t15?,19?,22?,23-,24-,26?,28+/m0/s1. The Kier molecular flexibility index (Phi) is 7.28. The molecule has 1 aromatic rings. The van der Waals surface area contributed by atoms with E-state index in [9.17, 15) is 30.5 Å². The number of aliphatic carboxylic acids is 1. The van der Waals surface area contributed by atoms with Crippen LogP contribution < -0.4 is 4.74 Å². The van der Waals surface area contributed by atoms with E-state index < -0.39 is 36.7 Å². The number of benzene rings is 1. The number of ether oxygens (including phenoxy) is 3. The normalized spacial score (nSPS) is 34.7. The van der Waals surface area contributed by atoms with Gasteiger partial charge in [0.2, 0.25) is 6.29 Å². The summed E-state index contributed by atoms with van der Waals surface area (Å²) in [6, 6.07) is 7.06. The molecule has 4 aliphatic rings. The molecular weight excluding hydrogens is 478 g/mol. The number of nitrogens with zero attached hydrogens (tertiary/aromatic N) is 1. The highest BCUT2D eigenvalue weighted by atomic mass is 16.7. The molecule has 2 bridgehead atoms. The van der Waals surface area contributed by atoms with Crippen molar-refractivity contribution in [3.63, 3.8) is 0 Å². The Morgan fingerprint density at radius 1 is 1.08 bits per heavy atom. The number of methoxy groups -OCH3 is 1. The number of fused-ring (bicyclic) bond motifs is 3. The molecule has 0 amide bonds. The van der Waals surface area contributed by atoms with Gasteiger partial charge in [0.15, 0.2) is 6.10 Å². The number of carbonyl (C=O) groups is 1. The van der Waals surface area contributed by atoms with E-state index in [-0.39, 0.29) is 11.3 Å². The fourth-order valence-corrected chi connectivity index (χ4v) is 6.55. The molecular formula is C28H33NO8. The second kappa shape index (κ2) is 10.5. The van der Waals surface area contributed by atoms with E-state index in [1.807, 2.05) is 6.07 Å². The van der Waals surface area contributed by atoms with Gasteiger partial charge in [-0.3, -0.25) is 0 Å². The highest BCUT2D eigenvalue weighted by Gasteiger charge is 2.48. The average molecular weight is 512 g/mol. The molecule has 37 heavy (non-hydrogen) atoms. The van der Waals surface area contributed by atoms with Crippen LogP contribution in [0.4, 0.5) is 0 Å². The lowest BCUT2D eigenvalue weighted by Crippen LogP contribution is -2.61. The molecule has 2 fully saturated rings. The summed E-state index contributed by atoms with van der Waals surface area (Å²) in [5, 5.41) is 49.5. The van der Waals surface area contributed by atoms with Gasteiger partial charge in [-0.1, -0.05) is 17.6 Å². The molecule has 0 spiro atoms. The monoisotopic (exact) mass is 511 g/mol. The summed E-state index contributed by atoms with van der Waals surface area (Å²) >= 11 is 0. The van der Waals surface area contributed by atoms with Crippen LogP contribution in [0.1, 0.15) is 62.5 Å². The SMILES string of the molecule is COC(=C1C2CCCC1C1=C(CCCC1)C2)c1ccc(C#N)c(O[C@@H]2OC(C(=O)O)[C@@H](O)C(O)[C@@H]2O)c1.